The van der Waals surface area contributed by atoms with Gasteiger partial charge in [-0.2, -0.15) is 0 Å². The zero-order valence-electron chi connectivity index (χ0n) is 15.2. The number of rotatable bonds is 7. The van der Waals surface area contributed by atoms with Crippen molar-refractivity contribution in [2.24, 2.45) is 17.8 Å². The Balaban J connectivity index is 2.48. The van der Waals surface area contributed by atoms with Crippen molar-refractivity contribution >= 4 is 0 Å². The van der Waals surface area contributed by atoms with Gasteiger partial charge < -0.3 is 5.32 Å². The second-order valence-electron chi connectivity index (χ2n) is 8.16. The van der Waals surface area contributed by atoms with Crippen molar-refractivity contribution < 1.29 is 0 Å². The van der Waals surface area contributed by atoms with Crippen LogP contribution in [0.4, 0.5) is 0 Å². The van der Waals surface area contributed by atoms with Crippen LogP contribution in [0.5, 0.6) is 0 Å². The Morgan fingerprint density at radius 1 is 0.857 bits per heavy atom. The molecule has 0 fully saturated rings. The van der Waals surface area contributed by atoms with Crippen LogP contribution >= 0.6 is 0 Å². The van der Waals surface area contributed by atoms with Crippen LogP contribution < -0.4 is 5.32 Å². The van der Waals surface area contributed by atoms with Crippen molar-refractivity contribution in [3.05, 3.63) is 35.4 Å². The van der Waals surface area contributed by atoms with Gasteiger partial charge in [0.05, 0.1) is 0 Å². The minimum Gasteiger partial charge on any atom is -0.316 e. The van der Waals surface area contributed by atoms with E-state index >= 15 is 0 Å². The Morgan fingerprint density at radius 2 is 1.43 bits per heavy atom. The van der Waals surface area contributed by atoms with Crippen LogP contribution in [-0.4, -0.2) is 13.1 Å². The summed E-state index contributed by atoms with van der Waals surface area (Å²) in [6, 6.07) is 9.21. The molecule has 0 aliphatic heterocycles. The Morgan fingerprint density at radius 3 is 1.90 bits per heavy atom. The lowest BCUT2D eigenvalue weighted by Gasteiger charge is -2.22. The summed E-state index contributed by atoms with van der Waals surface area (Å²) in [7, 11) is 0. The van der Waals surface area contributed by atoms with Gasteiger partial charge in [-0.25, -0.2) is 0 Å². The fourth-order valence-electron chi connectivity index (χ4n) is 2.51. The van der Waals surface area contributed by atoms with Gasteiger partial charge in [-0.05, 0) is 53.8 Å². The van der Waals surface area contributed by atoms with Gasteiger partial charge >= 0.3 is 0 Å². The molecule has 0 saturated heterocycles. The quantitative estimate of drug-likeness (QED) is 0.741. The summed E-state index contributed by atoms with van der Waals surface area (Å²) in [5, 5.41) is 3.58. The third kappa shape index (κ3) is 6.65. The second-order valence-corrected chi connectivity index (χ2v) is 8.16. The topological polar surface area (TPSA) is 12.0 Å². The smallest absolute Gasteiger partial charge is 0.00204 e. The lowest BCUT2D eigenvalue weighted by Crippen LogP contribution is -2.28. The zero-order valence-corrected chi connectivity index (χ0v) is 15.2. The van der Waals surface area contributed by atoms with Crippen LogP contribution in [0, 0.1) is 17.8 Å². The minimum absolute atomic E-state index is 0.248. The number of nitrogens with one attached hydrogen (secondary N) is 1. The van der Waals surface area contributed by atoms with Crippen LogP contribution in [0.2, 0.25) is 0 Å². The number of benzene rings is 1. The highest BCUT2D eigenvalue weighted by Gasteiger charge is 2.15. The van der Waals surface area contributed by atoms with Crippen molar-refractivity contribution in [2.75, 3.05) is 13.1 Å². The molecule has 1 N–H and O–H groups in total. The summed E-state index contributed by atoms with van der Waals surface area (Å²) < 4.78 is 0. The Bertz CT molecular complexity index is 397. The molecule has 1 nitrogen and oxygen atoms in total. The van der Waals surface area contributed by atoms with Gasteiger partial charge in [-0.15, -0.1) is 0 Å². The average molecular weight is 290 g/mol. The van der Waals surface area contributed by atoms with Crippen molar-refractivity contribution in [3.8, 4) is 0 Å². The molecule has 1 aromatic rings. The van der Waals surface area contributed by atoms with E-state index in [0.29, 0.717) is 11.8 Å². The van der Waals surface area contributed by atoms with Gasteiger partial charge in [0.25, 0.3) is 0 Å². The standard InChI is InChI=1S/C20H35N/c1-15(2)13-21-14-17(4)16(3)12-18-8-10-19(11-9-18)20(5,6)7/h8-11,15-17,21H,12-14H2,1-7H3. The molecule has 0 aliphatic rings. The third-order valence-corrected chi connectivity index (χ3v) is 4.37. The predicted octanol–water partition coefficient (Wildman–Crippen LogP) is 5.04. The molecule has 0 heterocycles. The summed E-state index contributed by atoms with van der Waals surface area (Å²) in [5.74, 6) is 2.16. The first-order valence-corrected chi connectivity index (χ1v) is 8.50. The summed E-state index contributed by atoms with van der Waals surface area (Å²) in [5.41, 5.74) is 3.13. The maximum absolute atomic E-state index is 3.58. The lowest BCUT2D eigenvalue weighted by atomic mass is 9.85. The first kappa shape index (κ1) is 18.2. The molecule has 0 aliphatic carbocycles. The fraction of sp³-hybridized carbons (Fsp3) is 0.700. The van der Waals surface area contributed by atoms with E-state index in [1.54, 1.807) is 0 Å². The van der Waals surface area contributed by atoms with Crippen LogP contribution in [0.3, 0.4) is 0 Å². The Labute approximate surface area is 132 Å². The molecule has 0 saturated carbocycles. The number of hydrogen-bond acceptors (Lipinski definition) is 1. The molecule has 0 bridgehead atoms. The van der Waals surface area contributed by atoms with Gasteiger partial charge in [0.2, 0.25) is 0 Å². The Kier molecular flexibility index (Phi) is 6.93. The summed E-state index contributed by atoms with van der Waals surface area (Å²) in [6.07, 6.45) is 1.18. The summed E-state index contributed by atoms with van der Waals surface area (Å²) >= 11 is 0. The van der Waals surface area contributed by atoms with Gasteiger partial charge in [-0.1, -0.05) is 72.7 Å². The van der Waals surface area contributed by atoms with E-state index < -0.39 is 0 Å². The van der Waals surface area contributed by atoms with E-state index in [-0.39, 0.29) is 5.41 Å². The molecular formula is C20H35N. The molecule has 0 spiro atoms. The minimum atomic E-state index is 0.248. The summed E-state index contributed by atoms with van der Waals surface area (Å²) in [4.78, 5) is 0. The largest absolute Gasteiger partial charge is 0.316 e. The molecule has 0 aromatic heterocycles. The zero-order chi connectivity index (χ0) is 16.0. The van der Waals surface area contributed by atoms with E-state index in [9.17, 15) is 0 Å². The van der Waals surface area contributed by atoms with Crippen molar-refractivity contribution in [1.29, 1.82) is 0 Å². The van der Waals surface area contributed by atoms with Gasteiger partial charge in [-0.3, -0.25) is 0 Å². The average Bonchev–Trinajstić information content (AvgIpc) is 2.37. The molecule has 1 rings (SSSR count). The lowest BCUT2D eigenvalue weighted by molar-refractivity contribution is 0.357. The van der Waals surface area contributed by atoms with E-state index in [1.165, 1.54) is 17.5 Å². The van der Waals surface area contributed by atoms with Crippen LogP contribution in [0.1, 0.15) is 59.6 Å². The normalized spacial score (nSPS) is 15.2. The SMILES string of the molecule is CC(C)CNCC(C)C(C)Cc1ccc(C(C)(C)C)cc1. The molecule has 2 atom stereocenters. The number of hydrogen-bond donors (Lipinski definition) is 1. The molecular weight excluding hydrogens is 254 g/mol. The van der Waals surface area contributed by atoms with Crippen molar-refractivity contribution in [2.45, 2.75) is 60.3 Å². The van der Waals surface area contributed by atoms with Crippen LogP contribution in [-0.2, 0) is 11.8 Å². The Hall–Kier alpha value is -0.820. The predicted molar refractivity (Wildman–Crippen MR) is 94.9 cm³/mol. The first-order valence-electron chi connectivity index (χ1n) is 8.50. The third-order valence-electron chi connectivity index (χ3n) is 4.37. The van der Waals surface area contributed by atoms with Gasteiger partial charge in [0.1, 0.15) is 0 Å². The summed E-state index contributed by atoms with van der Waals surface area (Å²) in [6.45, 7) is 18.3. The highest BCUT2D eigenvalue weighted by molar-refractivity contribution is 5.27. The molecule has 120 valence electrons. The van der Waals surface area contributed by atoms with E-state index in [1.807, 2.05) is 0 Å². The van der Waals surface area contributed by atoms with Gasteiger partial charge in [0.15, 0.2) is 0 Å². The molecule has 0 radical (unpaired) electrons. The highest BCUT2D eigenvalue weighted by atomic mass is 14.9. The van der Waals surface area contributed by atoms with Gasteiger partial charge in [0, 0.05) is 0 Å². The van der Waals surface area contributed by atoms with E-state index in [2.05, 4.69) is 78.0 Å². The second kappa shape index (κ2) is 7.98. The van der Waals surface area contributed by atoms with Crippen LogP contribution in [0.25, 0.3) is 0 Å². The molecule has 0 amide bonds. The maximum Gasteiger partial charge on any atom is -0.00204 e. The molecule has 2 unspecified atom stereocenters. The maximum atomic E-state index is 3.58. The van der Waals surface area contributed by atoms with Crippen molar-refractivity contribution in [1.82, 2.24) is 5.32 Å². The van der Waals surface area contributed by atoms with E-state index in [4.69, 9.17) is 0 Å². The van der Waals surface area contributed by atoms with E-state index in [0.717, 1.165) is 19.0 Å². The molecule has 1 heteroatoms. The molecule has 21 heavy (non-hydrogen) atoms. The monoisotopic (exact) mass is 289 g/mol. The fourth-order valence-corrected chi connectivity index (χ4v) is 2.51. The highest BCUT2D eigenvalue weighted by Crippen LogP contribution is 2.24. The van der Waals surface area contributed by atoms with Crippen LogP contribution in [0.15, 0.2) is 24.3 Å². The van der Waals surface area contributed by atoms with Crippen molar-refractivity contribution in [3.63, 3.8) is 0 Å². The molecule has 1 aromatic carbocycles. The first-order chi connectivity index (χ1) is 9.70.